The number of hydrogen-bond donors (Lipinski definition) is 0. The highest BCUT2D eigenvalue weighted by atomic mass is 19.3. The molecule has 36 heavy (non-hydrogen) atoms. The minimum Gasteiger partial charge on any atom is -0.415 e. The molecule has 8 nitrogen and oxygen atoms in total. The van der Waals surface area contributed by atoms with E-state index in [1.807, 2.05) is 18.3 Å². The molecule has 0 unspecified atom stereocenters. The van der Waals surface area contributed by atoms with Crippen molar-refractivity contribution in [2.75, 3.05) is 24.5 Å². The van der Waals surface area contributed by atoms with Crippen LogP contribution in [0.1, 0.15) is 38.7 Å². The lowest BCUT2D eigenvalue weighted by Crippen LogP contribution is -2.56. The van der Waals surface area contributed by atoms with Gasteiger partial charge in [-0.1, -0.05) is 36.4 Å². The van der Waals surface area contributed by atoms with Gasteiger partial charge in [0, 0.05) is 42.0 Å². The molecule has 1 aliphatic rings. The van der Waals surface area contributed by atoms with E-state index >= 15 is 0 Å². The summed E-state index contributed by atoms with van der Waals surface area (Å²) in [7, 11) is 0. The Morgan fingerprint density at radius 3 is 2.39 bits per heavy atom. The van der Waals surface area contributed by atoms with E-state index in [1.54, 1.807) is 16.8 Å². The molecule has 0 saturated carbocycles. The average molecular weight is 494 g/mol. The summed E-state index contributed by atoms with van der Waals surface area (Å²) in [5, 5.41) is 15.7. The maximum Gasteiger partial charge on any atom is 0.314 e. The average Bonchev–Trinajstić information content (AvgIpc) is 3.55. The third-order valence-electron chi connectivity index (χ3n) is 6.69. The Kier molecular flexibility index (Phi) is 6.77. The number of rotatable bonds is 7. The van der Waals surface area contributed by atoms with Gasteiger partial charge in [0.15, 0.2) is 0 Å². The molecule has 0 N–H and O–H groups in total. The molecule has 188 valence electrons. The number of nitrogens with zero attached hydrogens (tertiary/aromatic N) is 7. The standard InChI is InChI=1S/C26H29F2N7O/c1-4-35-17(2)13-33(14-18(35)3)22-7-5-6-21(12-22)23-16-34(32-29-23)15-19-8-10-20(11-9-19)25-30-31-26(36-25)24(27)28/h5-12,16-18,24H,4,13-15H2,1-3H3/t17-,18+. The second-order valence-electron chi connectivity index (χ2n) is 9.23. The third-order valence-corrected chi connectivity index (χ3v) is 6.69. The Balaban J connectivity index is 1.27. The number of piperazine rings is 1. The van der Waals surface area contributed by atoms with E-state index in [9.17, 15) is 8.78 Å². The molecule has 3 heterocycles. The van der Waals surface area contributed by atoms with Crippen molar-refractivity contribution in [2.24, 2.45) is 0 Å². The lowest BCUT2D eigenvalue weighted by Gasteiger charge is -2.45. The van der Waals surface area contributed by atoms with Crippen molar-refractivity contribution in [3.8, 4) is 22.7 Å². The van der Waals surface area contributed by atoms with Crippen LogP contribution in [0.5, 0.6) is 0 Å². The summed E-state index contributed by atoms with van der Waals surface area (Å²) in [6.07, 6.45) is -0.855. The molecule has 2 atom stereocenters. The van der Waals surface area contributed by atoms with E-state index in [-0.39, 0.29) is 5.89 Å². The summed E-state index contributed by atoms with van der Waals surface area (Å²) < 4.78 is 32.2. The number of benzene rings is 2. The van der Waals surface area contributed by atoms with Crippen LogP contribution in [0.15, 0.2) is 59.1 Å². The second kappa shape index (κ2) is 10.1. The quantitative estimate of drug-likeness (QED) is 0.362. The summed E-state index contributed by atoms with van der Waals surface area (Å²) >= 11 is 0. The molecule has 0 aliphatic carbocycles. The molecule has 2 aromatic carbocycles. The molecule has 10 heteroatoms. The van der Waals surface area contributed by atoms with Gasteiger partial charge in [-0.3, -0.25) is 4.90 Å². The van der Waals surface area contributed by atoms with Gasteiger partial charge in [-0.05, 0) is 50.2 Å². The molecule has 1 aliphatic heterocycles. The fourth-order valence-corrected chi connectivity index (χ4v) is 4.94. The number of alkyl halides is 2. The van der Waals surface area contributed by atoms with Crippen LogP contribution in [0.25, 0.3) is 22.7 Å². The summed E-state index contributed by atoms with van der Waals surface area (Å²) in [5.41, 5.74) is 4.60. The van der Waals surface area contributed by atoms with Gasteiger partial charge in [-0.15, -0.1) is 15.3 Å². The second-order valence-corrected chi connectivity index (χ2v) is 9.23. The Morgan fingerprint density at radius 2 is 1.72 bits per heavy atom. The van der Waals surface area contributed by atoms with E-state index in [4.69, 9.17) is 4.42 Å². The first-order valence-electron chi connectivity index (χ1n) is 12.1. The van der Waals surface area contributed by atoms with Crippen LogP contribution in [0, 0.1) is 0 Å². The highest BCUT2D eigenvalue weighted by molar-refractivity contribution is 5.65. The summed E-state index contributed by atoms with van der Waals surface area (Å²) in [5.74, 6) is -0.611. The van der Waals surface area contributed by atoms with Crippen LogP contribution in [0.2, 0.25) is 0 Å². The van der Waals surface area contributed by atoms with Gasteiger partial charge in [0.25, 0.3) is 5.89 Å². The van der Waals surface area contributed by atoms with Crippen LogP contribution in [0.3, 0.4) is 0 Å². The van der Waals surface area contributed by atoms with Crippen LogP contribution >= 0.6 is 0 Å². The predicted molar refractivity (Wildman–Crippen MR) is 133 cm³/mol. The van der Waals surface area contributed by atoms with Crippen LogP contribution < -0.4 is 4.90 Å². The molecule has 0 radical (unpaired) electrons. The van der Waals surface area contributed by atoms with Gasteiger partial charge < -0.3 is 9.32 Å². The van der Waals surface area contributed by atoms with Gasteiger partial charge in [-0.25, -0.2) is 4.68 Å². The number of aromatic nitrogens is 5. The summed E-state index contributed by atoms with van der Waals surface area (Å²) in [6, 6.07) is 16.7. The first-order valence-corrected chi connectivity index (χ1v) is 12.1. The largest absolute Gasteiger partial charge is 0.415 e. The van der Waals surface area contributed by atoms with Crippen molar-refractivity contribution < 1.29 is 13.2 Å². The summed E-state index contributed by atoms with van der Waals surface area (Å²) in [6.45, 7) is 10.4. The molecule has 4 aromatic rings. The van der Waals surface area contributed by atoms with Crippen molar-refractivity contribution in [2.45, 2.75) is 45.8 Å². The molecule has 5 rings (SSSR count). The van der Waals surface area contributed by atoms with Crippen molar-refractivity contribution in [3.05, 3.63) is 66.2 Å². The minimum atomic E-state index is -2.79. The van der Waals surface area contributed by atoms with E-state index in [1.165, 1.54) is 5.69 Å². The molecule has 1 fully saturated rings. The monoisotopic (exact) mass is 493 g/mol. The van der Waals surface area contributed by atoms with Crippen molar-refractivity contribution in [1.82, 2.24) is 30.1 Å². The van der Waals surface area contributed by atoms with Crippen LogP contribution in [0.4, 0.5) is 14.5 Å². The number of anilines is 1. The fourth-order valence-electron chi connectivity index (χ4n) is 4.94. The Bertz CT molecular complexity index is 1290. The Morgan fingerprint density at radius 1 is 0.972 bits per heavy atom. The van der Waals surface area contributed by atoms with Gasteiger partial charge in [0.2, 0.25) is 5.89 Å². The maximum absolute atomic E-state index is 12.7. The Hall–Kier alpha value is -3.66. The zero-order chi connectivity index (χ0) is 25.2. The fraction of sp³-hybridized carbons (Fsp3) is 0.385. The zero-order valence-corrected chi connectivity index (χ0v) is 20.6. The van der Waals surface area contributed by atoms with Gasteiger partial charge in [-0.2, -0.15) is 8.78 Å². The SMILES string of the molecule is CCN1[C@H](C)CN(c2cccc(-c3cn(Cc4ccc(-c5nnc(C(F)F)o5)cc4)nn3)c2)C[C@@H]1C. The molecule has 0 amide bonds. The van der Waals surface area contributed by atoms with E-state index in [2.05, 4.69) is 75.3 Å². The molecular weight excluding hydrogens is 464 g/mol. The van der Waals surface area contributed by atoms with Gasteiger partial charge in [0.1, 0.15) is 5.69 Å². The number of likely N-dealkylation sites (N-methyl/N-ethyl adjacent to an activating group) is 1. The summed E-state index contributed by atoms with van der Waals surface area (Å²) in [4.78, 5) is 4.99. The van der Waals surface area contributed by atoms with Gasteiger partial charge in [0.05, 0.1) is 12.7 Å². The number of halogens is 2. The maximum atomic E-state index is 12.7. The topological polar surface area (TPSA) is 76.1 Å². The highest BCUT2D eigenvalue weighted by Crippen LogP contribution is 2.27. The molecule has 2 aromatic heterocycles. The first-order chi connectivity index (χ1) is 17.4. The van der Waals surface area contributed by atoms with Crippen LogP contribution in [-0.2, 0) is 6.54 Å². The normalized spacial score (nSPS) is 18.8. The lowest BCUT2D eigenvalue weighted by molar-refractivity contribution is 0.116. The lowest BCUT2D eigenvalue weighted by atomic mass is 10.1. The minimum absolute atomic E-state index is 0.0691. The van der Waals surface area contributed by atoms with Crippen molar-refractivity contribution >= 4 is 5.69 Å². The van der Waals surface area contributed by atoms with Crippen molar-refractivity contribution in [1.29, 1.82) is 0 Å². The predicted octanol–water partition coefficient (Wildman–Crippen LogP) is 4.90. The zero-order valence-electron chi connectivity index (χ0n) is 20.6. The third kappa shape index (κ3) is 4.99. The molecule has 0 spiro atoms. The van der Waals surface area contributed by atoms with E-state index in [0.29, 0.717) is 24.2 Å². The van der Waals surface area contributed by atoms with Gasteiger partial charge >= 0.3 is 6.43 Å². The van der Waals surface area contributed by atoms with E-state index < -0.39 is 12.3 Å². The number of hydrogen-bond acceptors (Lipinski definition) is 7. The van der Waals surface area contributed by atoms with E-state index in [0.717, 1.165) is 36.5 Å². The highest BCUT2D eigenvalue weighted by Gasteiger charge is 2.28. The van der Waals surface area contributed by atoms with Crippen LogP contribution in [-0.4, -0.2) is 61.8 Å². The van der Waals surface area contributed by atoms with Crippen molar-refractivity contribution in [3.63, 3.8) is 0 Å². The first kappa shape index (κ1) is 24.1. The molecule has 0 bridgehead atoms. The molecule has 1 saturated heterocycles. The Labute approximate surface area is 208 Å². The molecular formula is C26H29F2N7O. The smallest absolute Gasteiger partial charge is 0.314 e.